The third-order valence-corrected chi connectivity index (χ3v) is 9.30. The molecule has 0 spiro atoms. The molecule has 51 heavy (non-hydrogen) atoms. The number of nitrogens with one attached hydrogen (secondary N) is 5. The molecular weight excluding hydrogens is 654 g/mol. The van der Waals surface area contributed by atoms with Crippen molar-refractivity contribution in [3.63, 3.8) is 0 Å². The van der Waals surface area contributed by atoms with Crippen molar-refractivity contribution < 1.29 is 38.9 Å². The van der Waals surface area contributed by atoms with E-state index in [1.54, 1.807) is 13.8 Å². The van der Waals surface area contributed by atoms with Gasteiger partial charge in [-0.1, -0.05) is 101 Å². The molecule has 13 nitrogen and oxygen atoms in total. The molecule has 3 rings (SSSR count). The zero-order valence-corrected chi connectivity index (χ0v) is 30.2. The number of carboxylic acid groups (broad SMARTS) is 1. The van der Waals surface area contributed by atoms with Gasteiger partial charge in [0.05, 0.1) is 12.6 Å². The number of carbonyl (C=O) groups is 5. The van der Waals surface area contributed by atoms with Crippen LogP contribution in [0.15, 0.2) is 54.1 Å². The molecule has 7 N–H and O–H groups in total. The topological polar surface area (TPSA) is 195 Å². The van der Waals surface area contributed by atoms with Crippen LogP contribution in [0.4, 0.5) is 9.59 Å². The lowest BCUT2D eigenvalue weighted by molar-refractivity contribution is -0.139. The zero-order valence-electron chi connectivity index (χ0n) is 30.2. The monoisotopic (exact) mass is 711 g/mol. The van der Waals surface area contributed by atoms with Crippen LogP contribution in [0.3, 0.4) is 0 Å². The van der Waals surface area contributed by atoms with E-state index in [2.05, 4.69) is 45.7 Å². The number of ether oxygens (including phenoxy) is 1. The van der Waals surface area contributed by atoms with Gasteiger partial charge in [-0.25, -0.2) is 14.4 Å². The minimum atomic E-state index is -1.27. The van der Waals surface area contributed by atoms with Gasteiger partial charge >= 0.3 is 18.1 Å². The number of aliphatic hydroxyl groups is 1. The molecule has 0 radical (unpaired) electrons. The zero-order chi connectivity index (χ0) is 37.2. The first-order valence-electron chi connectivity index (χ1n) is 18.3. The Hall–Kier alpha value is -4.39. The highest BCUT2D eigenvalue weighted by molar-refractivity contribution is 5.92. The van der Waals surface area contributed by atoms with Crippen molar-refractivity contribution in [2.45, 2.75) is 116 Å². The molecule has 2 aliphatic rings. The fraction of sp³-hybridized carbons (Fsp3) is 0.605. The van der Waals surface area contributed by atoms with Crippen LogP contribution in [0.1, 0.15) is 90.5 Å². The van der Waals surface area contributed by atoms with Crippen LogP contribution in [0.25, 0.3) is 0 Å². The van der Waals surface area contributed by atoms with E-state index in [1.807, 2.05) is 36.4 Å². The second-order valence-electron chi connectivity index (χ2n) is 14.1. The molecule has 1 aromatic carbocycles. The maximum Gasteiger partial charge on any atom is 0.407 e. The minimum Gasteiger partial charge on any atom is -0.480 e. The molecule has 2 aliphatic carbocycles. The smallest absolute Gasteiger partial charge is 0.407 e. The lowest BCUT2D eigenvalue weighted by atomic mass is 9.84. The van der Waals surface area contributed by atoms with E-state index in [-0.39, 0.29) is 44.4 Å². The number of alkyl carbamates (subject to hydrolysis) is 1. The Kier molecular flexibility index (Phi) is 17.5. The van der Waals surface area contributed by atoms with E-state index in [0.29, 0.717) is 18.8 Å². The number of carboxylic acids is 1. The highest BCUT2D eigenvalue weighted by atomic mass is 16.5. The largest absolute Gasteiger partial charge is 0.480 e. The highest BCUT2D eigenvalue weighted by Crippen LogP contribution is 2.27. The Labute approximate surface area is 301 Å². The number of urea groups is 1. The number of hydrogen-bond acceptors (Lipinski definition) is 7. The van der Waals surface area contributed by atoms with Gasteiger partial charge in [-0.3, -0.25) is 9.59 Å². The average molecular weight is 712 g/mol. The van der Waals surface area contributed by atoms with Crippen LogP contribution < -0.4 is 26.6 Å². The number of carbonyl (C=O) groups excluding carboxylic acids is 4. The molecule has 1 unspecified atom stereocenters. The molecule has 0 bridgehead atoms. The molecule has 1 fully saturated rings. The molecule has 0 aliphatic heterocycles. The highest BCUT2D eigenvalue weighted by Gasteiger charge is 2.32. The van der Waals surface area contributed by atoms with Crippen molar-refractivity contribution in [1.29, 1.82) is 0 Å². The molecular formula is C38H57N5O8. The number of amides is 5. The molecule has 1 saturated carbocycles. The van der Waals surface area contributed by atoms with Crippen LogP contribution in [0, 0.1) is 17.8 Å². The fourth-order valence-corrected chi connectivity index (χ4v) is 6.46. The van der Waals surface area contributed by atoms with Gasteiger partial charge in [-0.15, -0.1) is 0 Å². The van der Waals surface area contributed by atoms with Gasteiger partial charge in [0.25, 0.3) is 0 Å². The Morgan fingerprint density at radius 2 is 1.63 bits per heavy atom. The Balaban J connectivity index is 1.57. The third-order valence-electron chi connectivity index (χ3n) is 9.30. The lowest BCUT2D eigenvalue weighted by Crippen LogP contribution is -2.58. The summed E-state index contributed by atoms with van der Waals surface area (Å²) in [6.45, 7) is 5.68. The third kappa shape index (κ3) is 15.2. The van der Waals surface area contributed by atoms with Crippen molar-refractivity contribution in [2.24, 2.45) is 17.8 Å². The van der Waals surface area contributed by atoms with E-state index >= 15 is 0 Å². The Morgan fingerprint density at radius 1 is 0.922 bits per heavy atom. The number of hydrogen-bond donors (Lipinski definition) is 7. The molecule has 1 aromatic rings. The van der Waals surface area contributed by atoms with Crippen molar-refractivity contribution >= 4 is 29.9 Å². The van der Waals surface area contributed by atoms with Crippen LogP contribution >= 0.6 is 0 Å². The van der Waals surface area contributed by atoms with E-state index in [0.717, 1.165) is 49.7 Å². The molecule has 0 saturated heterocycles. The van der Waals surface area contributed by atoms with Crippen molar-refractivity contribution in [1.82, 2.24) is 26.6 Å². The second-order valence-corrected chi connectivity index (χ2v) is 14.1. The summed E-state index contributed by atoms with van der Waals surface area (Å²) in [5.74, 6) is -1.97. The van der Waals surface area contributed by atoms with Crippen molar-refractivity contribution in [3.05, 3.63) is 59.7 Å². The van der Waals surface area contributed by atoms with Gasteiger partial charge in [-0.2, -0.15) is 0 Å². The van der Waals surface area contributed by atoms with Crippen molar-refractivity contribution in [2.75, 3.05) is 13.2 Å². The predicted molar refractivity (Wildman–Crippen MR) is 193 cm³/mol. The SMILES string of the molecule is CC1C=C(C[C@@H](CO)NC(=O)[C@@H](NC(=O)[C@@H](CC2CCCCC2)NC(=O)N[C@@H](CCCNC(=O)OCc2ccccc2)C(=O)O)C(C)C)C=CC1. The summed E-state index contributed by atoms with van der Waals surface area (Å²) in [7, 11) is 0. The van der Waals surface area contributed by atoms with Crippen LogP contribution in [-0.2, 0) is 25.7 Å². The maximum absolute atomic E-state index is 13.7. The van der Waals surface area contributed by atoms with Gasteiger partial charge in [0, 0.05) is 6.54 Å². The van der Waals surface area contributed by atoms with E-state index in [4.69, 9.17) is 4.74 Å². The lowest BCUT2D eigenvalue weighted by Gasteiger charge is -2.30. The van der Waals surface area contributed by atoms with Crippen LogP contribution in [0.2, 0.25) is 0 Å². The van der Waals surface area contributed by atoms with Gasteiger partial charge in [0.2, 0.25) is 11.8 Å². The molecule has 0 aromatic heterocycles. The standard InChI is InChI=1S/C38H57N5O8/c1-25(2)33(35(46)40-30(23-44)21-29-17-10-12-26(3)20-29)43-34(45)32(22-27-13-6-4-7-14-27)42-37(49)41-31(36(47)48)18-11-19-39-38(50)51-24-28-15-8-5-9-16-28/h5,8-10,15-17,20,25-27,30-33,44H,4,6-7,11-14,18-19,21-24H2,1-3H3,(H,39,50)(H,40,46)(H,43,45)(H,47,48)(H2,41,42,49)/t26?,30-,31-,32+,33-/m0/s1. The van der Waals surface area contributed by atoms with Gasteiger partial charge < -0.3 is 41.5 Å². The van der Waals surface area contributed by atoms with Crippen molar-refractivity contribution in [3.8, 4) is 0 Å². The second kappa shape index (κ2) is 21.7. The number of rotatable bonds is 19. The van der Waals surface area contributed by atoms with Gasteiger partial charge in [0.15, 0.2) is 0 Å². The molecule has 282 valence electrons. The quantitative estimate of drug-likeness (QED) is 0.103. The van der Waals surface area contributed by atoms with E-state index in [9.17, 15) is 34.2 Å². The predicted octanol–water partition coefficient (Wildman–Crippen LogP) is 4.31. The minimum absolute atomic E-state index is 0.0223. The molecule has 5 amide bonds. The molecule has 0 heterocycles. The first kappa shape index (κ1) is 41.0. The number of aliphatic hydroxyl groups excluding tert-OH is 1. The number of allylic oxidation sites excluding steroid dienone is 3. The van der Waals surface area contributed by atoms with Crippen LogP contribution in [0.5, 0.6) is 0 Å². The summed E-state index contributed by atoms with van der Waals surface area (Å²) in [6, 6.07) is 4.61. The van der Waals surface area contributed by atoms with Gasteiger partial charge in [0.1, 0.15) is 24.7 Å². The fourth-order valence-electron chi connectivity index (χ4n) is 6.46. The summed E-state index contributed by atoms with van der Waals surface area (Å²) in [5, 5.41) is 33.3. The Bertz CT molecular complexity index is 1340. The molecule has 13 heteroatoms. The Morgan fingerprint density at radius 3 is 2.27 bits per heavy atom. The number of aliphatic carboxylic acids is 1. The first-order valence-corrected chi connectivity index (χ1v) is 18.3. The summed E-state index contributed by atoms with van der Waals surface area (Å²) in [4.78, 5) is 64.4. The average Bonchev–Trinajstić information content (AvgIpc) is 3.10. The van der Waals surface area contributed by atoms with Gasteiger partial charge in [-0.05, 0) is 61.0 Å². The molecule has 5 atom stereocenters. The summed E-state index contributed by atoms with van der Waals surface area (Å²) in [5.41, 5.74) is 1.86. The first-order chi connectivity index (χ1) is 24.4. The van der Waals surface area contributed by atoms with E-state index in [1.165, 1.54) is 0 Å². The normalized spacial score (nSPS) is 18.4. The summed E-state index contributed by atoms with van der Waals surface area (Å²) >= 11 is 0. The summed E-state index contributed by atoms with van der Waals surface area (Å²) < 4.78 is 5.17. The van der Waals surface area contributed by atoms with Crippen LogP contribution in [-0.4, -0.2) is 77.4 Å². The number of benzene rings is 1. The maximum atomic E-state index is 13.7. The van der Waals surface area contributed by atoms with E-state index < -0.39 is 54.1 Å². The summed E-state index contributed by atoms with van der Waals surface area (Å²) in [6.07, 6.45) is 12.5.